The van der Waals surface area contributed by atoms with Crippen molar-refractivity contribution in [2.24, 2.45) is 5.92 Å². The lowest BCUT2D eigenvalue weighted by Gasteiger charge is -2.21. The second kappa shape index (κ2) is 8.00. The van der Waals surface area contributed by atoms with Crippen molar-refractivity contribution in [3.8, 4) is 11.1 Å². The molecule has 1 aromatic heterocycles. The summed E-state index contributed by atoms with van der Waals surface area (Å²) in [4.78, 5) is 7.01. The van der Waals surface area contributed by atoms with E-state index in [-0.39, 0.29) is 5.82 Å². The van der Waals surface area contributed by atoms with Gasteiger partial charge >= 0.3 is 0 Å². The van der Waals surface area contributed by atoms with Crippen molar-refractivity contribution in [3.05, 3.63) is 54.1 Å². The summed E-state index contributed by atoms with van der Waals surface area (Å²) in [6, 6.07) is 11.8. The first-order valence-electron chi connectivity index (χ1n) is 9.73. The molecule has 1 aliphatic rings. The molecule has 0 saturated heterocycles. The lowest BCUT2D eigenvalue weighted by Crippen LogP contribution is -2.19. The highest BCUT2D eigenvalue weighted by molar-refractivity contribution is 5.82. The van der Waals surface area contributed by atoms with Gasteiger partial charge in [0, 0.05) is 12.1 Å². The number of aromatic nitrogens is 2. The van der Waals surface area contributed by atoms with E-state index in [2.05, 4.69) is 27.4 Å². The highest BCUT2D eigenvalue weighted by atomic mass is 19.1. The van der Waals surface area contributed by atoms with E-state index < -0.39 is 0 Å². The quantitative estimate of drug-likeness (QED) is 0.582. The zero-order valence-electron chi connectivity index (χ0n) is 15.1. The van der Waals surface area contributed by atoms with Gasteiger partial charge in [0.15, 0.2) is 5.82 Å². The molecule has 0 unspecified atom stereocenters. The molecule has 3 aromatic rings. The Morgan fingerprint density at radius 3 is 2.65 bits per heavy atom. The van der Waals surface area contributed by atoms with Crippen LogP contribution in [0.4, 0.5) is 4.39 Å². The molecule has 0 bridgehead atoms. The monoisotopic (exact) mass is 351 g/mol. The van der Waals surface area contributed by atoms with E-state index in [1.807, 2.05) is 24.3 Å². The van der Waals surface area contributed by atoms with Crippen molar-refractivity contribution < 1.29 is 4.39 Å². The fourth-order valence-electron chi connectivity index (χ4n) is 4.01. The Bertz CT molecular complexity index is 847. The molecule has 1 fully saturated rings. The SMILES string of the molecule is Fc1c(-c2ccc(CNCCC3CCCCC3)cc2)ccc2[nH]cnc12. The number of hydrogen-bond donors (Lipinski definition) is 2. The Morgan fingerprint density at radius 1 is 1.04 bits per heavy atom. The molecule has 2 N–H and O–H groups in total. The number of hydrogen-bond acceptors (Lipinski definition) is 2. The molecule has 26 heavy (non-hydrogen) atoms. The van der Waals surface area contributed by atoms with Crippen LogP contribution in [0.5, 0.6) is 0 Å². The van der Waals surface area contributed by atoms with Crippen molar-refractivity contribution >= 4 is 11.0 Å². The van der Waals surface area contributed by atoms with Crippen LogP contribution >= 0.6 is 0 Å². The maximum absolute atomic E-state index is 14.6. The van der Waals surface area contributed by atoms with E-state index in [1.165, 1.54) is 50.4 Å². The predicted molar refractivity (Wildman–Crippen MR) is 104 cm³/mol. The molecule has 0 atom stereocenters. The zero-order chi connectivity index (χ0) is 17.8. The maximum Gasteiger partial charge on any atom is 0.158 e. The van der Waals surface area contributed by atoms with Crippen LogP contribution in [-0.4, -0.2) is 16.5 Å². The van der Waals surface area contributed by atoms with Gasteiger partial charge in [-0.15, -0.1) is 0 Å². The second-order valence-corrected chi connectivity index (χ2v) is 7.39. The summed E-state index contributed by atoms with van der Waals surface area (Å²) >= 11 is 0. The smallest absolute Gasteiger partial charge is 0.158 e. The van der Waals surface area contributed by atoms with Gasteiger partial charge in [-0.2, -0.15) is 0 Å². The maximum atomic E-state index is 14.6. The van der Waals surface area contributed by atoms with Crippen LogP contribution in [0.15, 0.2) is 42.7 Å². The lowest BCUT2D eigenvalue weighted by molar-refractivity contribution is 0.334. The summed E-state index contributed by atoms with van der Waals surface area (Å²) in [6.07, 6.45) is 9.86. The highest BCUT2D eigenvalue weighted by Gasteiger charge is 2.13. The number of nitrogens with one attached hydrogen (secondary N) is 2. The van der Waals surface area contributed by atoms with Gasteiger partial charge < -0.3 is 10.3 Å². The number of nitrogens with zero attached hydrogens (tertiary/aromatic N) is 1. The van der Waals surface area contributed by atoms with Crippen LogP contribution in [0.3, 0.4) is 0 Å². The standard InChI is InChI=1S/C22H26FN3/c23-21-19(10-11-20-22(21)26-15-25-20)18-8-6-17(7-9-18)14-24-13-12-16-4-2-1-3-5-16/h6-11,15-16,24H,1-5,12-14H2,(H,25,26). The molecule has 1 saturated carbocycles. The largest absolute Gasteiger partial charge is 0.345 e. The van der Waals surface area contributed by atoms with Crippen molar-refractivity contribution in [2.45, 2.75) is 45.1 Å². The molecule has 0 amide bonds. The van der Waals surface area contributed by atoms with Crippen LogP contribution in [0, 0.1) is 11.7 Å². The third-order valence-corrected chi connectivity index (χ3v) is 5.58. The third kappa shape index (κ3) is 3.80. The summed E-state index contributed by atoms with van der Waals surface area (Å²) in [5, 5.41) is 3.55. The molecule has 4 rings (SSSR count). The minimum atomic E-state index is -0.262. The van der Waals surface area contributed by atoms with Gasteiger partial charge in [-0.3, -0.25) is 0 Å². The van der Waals surface area contributed by atoms with Gasteiger partial charge in [-0.05, 0) is 42.1 Å². The van der Waals surface area contributed by atoms with Crippen LogP contribution in [0.1, 0.15) is 44.1 Å². The van der Waals surface area contributed by atoms with Crippen LogP contribution in [0.2, 0.25) is 0 Å². The summed E-state index contributed by atoms with van der Waals surface area (Å²) in [6.45, 7) is 1.95. The first-order valence-corrected chi connectivity index (χ1v) is 9.73. The predicted octanol–water partition coefficient (Wildman–Crippen LogP) is 5.43. The molecular weight excluding hydrogens is 325 g/mol. The van der Waals surface area contributed by atoms with E-state index in [4.69, 9.17) is 0 Å². The van der Waals surface area contributed by atoms with E-state index in [9.17, 15) is 4.39 Å². The van der Waals surface area contributed by atoms with Gasteiger partial charge in [0.1, 0.15) is 5.52 Å². The van der Waals surface area contributed by atoms with Crippen molar-refractivity contribution in [3.63, 3.8) is 0 Å². The number of imidazole rings is 1. The van der Waals surface area contributed by atoms with E-state index >= 15 is 0 Å². The van der Waals surface area contributed by atoms with Crippen molar-refractivity contribution in [1.82, 2.24) is 15.3 Å². The summed E-state index contributed by atoms with van der Waals surface area (Å²) in [7, 11) is 0. The summed E-state index contributed by atoms with van der Waals surface area (Å²) in [5.74, 6) is 0.653. The Labute approximate surface area is 154 Å². The topological polar surface area (TPSA) is 40.7 Å². The van der Waals surface area contributed by atoms with Gasteiger partial charge in [0.05, 0.1) is 11.8 Å². The molecule has 136 valence electrons. The number of rotatable bonds is 6. The van der Waals surface area contributed by atoms with Gasteiger partial charge in [-0.25, -0.2) is 9.37 Å². The molecule has 0 aliphatic heterocycles. The Morgan fingerprint density at radius 2 is 1.85 bits per heavy atom. The minimum absolute atomic E-state index is 0.262. The van der Waals surface area contributed by atoms with Crippen LogP contribution < -0.4 is 5.32 Å². The van der Waals surface area contributed by atoms with Crippen LogP contribution in [0.25, 0.3) is 22.2 Å². The zero-order valence-corrected chi connectivity index (χ0v) is 15.1. The van der Waals surface area contributed by atoms with E-state index in [1.54, 1.807) is 0 Å². The molecule has 3 nitrogen and oxygen atoms in total. The molecule has 0 spiro atoms. The van der Waals surface area contributed by atoms with Crippen molar-refractivity contribution in [2.75, 3.05) is 6.54 Å². The fraction of sp³-hybridized carbons (Fsp3) is 0.409. The van der Waals surface area contributed by atoms with Gasteiger partial charge in [0.25, 0.3) is 0 Å². The highest BCUT2D eigenvalue weighted by Crippen LogP contribution is 2.28. The van der Waals surface area contributed by atoms with Crippen molar-refractivity contribution in [1.29, 1.82) is 0 Å². The number of aromatic amines is 1. The molecule has 0 radical (unpaired) electrons. The summed E-state index contributed by atoms with van der Waals surface area (Å²) in [5.41, 5.74) is 3.85. The minimum Gasteiger partial charge on any atom is -0.345 e. The van der Waals surface area contributed by atoms with E-state index in [0.717, 1.165) is 30.1 Å². The third-order valence-electron chi connectivity index (χ3n) is 5.58. The Kier molecular flexibility index (Phi) is 5.30. The number of halogens is 1. The molecule has 1 heterocycles. The number of benzene rings is 2. The first kappa shape index (κ1) is 17.2. The van der Waals surface area contributed by atoms with Gasteiger partial charge in [0.2, 0.25) is 0 Å². The number of fused-ring (bicyclic) bond motifs is 1. The normalized spacial score (nSPS) is 15.6. The van der Waals surface area contributed by atoms with Crippen LogP contribution in [-0.2, 0) is 6.54 Å². The Hall–Kier alpha value is -2.20. The molecule has 2 aromatic carbocycles. The molecular formula is C22H26FN3. The lowest BCUT2D eigenvalue weighted by atomic mass is 9.87. The Balaban J connectivity index is 1.34. The second-order valence-electron chi connectivity index (χ2n) is 7.39. The van der Waals surface area contributed by atoms with E-state index in [0.29, 0.717) is 11.1 Å². The fourth-order valence-corrected chi connectivity index (χ4v) is 4.01. The number of H-pyrrole nitrogens is 1. The average molecular weight is 351 g/mol. The van der Waals surface area contributed by atoms with Gasteiger partial charge in [-0.1, -0.05) is 56.4 Å². The molecule has 1 aliphatic carbocycles. The average Bonchev–Trinajstić information content (AvgIpc) is 3.17. The summed E-state index contributed by atoms with van der Waals surface area (Å²) < 4.78 is 14.6. The first-order chi connectivity index (χ1) is 12.8. The molecule has 4 heteroatoms.